The van der Waals surface area contributed by atoms with Gasteiger partial charge in [0.1, 0.15) is 5.75 Å². The molecule has 2 aromatic rings. The van der Waals surface area contributed by atoms with Crippen LogP contribution in [0.4, 0.5) is 5.69 Å². The van der Waals surface area contributed by atoms with E-state index in [9.17, 15) is 4.79 Å². The first-order valence-corrected chi connectivity index (χ1v) is 5.96. The molecule has 0 fully saturated rings. The van der Waals surface area contributed by atoms with Crippen LogP contribution in [0.5, 0.6) is 5.75 Å². The maximum Gasteiger partial charge on any atom is 0.248 e. The van der Waals surface area contributed by atoms with Crippen molar-refractivity contribution >= 4 is 11.6 Å². The van der Waals surface area contributed by atoms with Crippen molar-refractivity contribution in [3.63, 3.8) is 0 Å². The normalized spacial score (nSPS) is 9.95. The van der Waals surface area contributed by atoms with Crippen LogP contribution in [0.25, 0.3) is 0 Å². The summed E-state index contributed by atoms with van der Waals surface area (Å²) in [5.74, 6) is 0.368. The van der Waals surface area contributed by atoms with Crippen molar-refractivity contribution in [2.45, 2.75) is 6.54 Å². The molecule has 2 aromatic carbocycles. The van der Waals surface area contributed by atoms with E-state index in [0.717, 1.165) is 17.0 Å². The number of hydrogen-bond acceptors (Lipinski definition) is 3. The van der Waals surface area contributed by atoms with Crippen LogP contribution in [-0.2, 0) is 6.54 Å². The summed E-state index contributed by atoms with van der Waals surface area (Å²) in [6.07, 6.45) is 0. The van der Waals surface area contributed by atoms with E-state index in [0.29, 0.717) is 12.1 Å². The number of nitrogens with one attached hydrogen (secondary N) is 1. The second-order valence-corrected chi connectivity index (χ2v) is 4.12. The lowest BCUT2D eigenvalue weighted by molar-refractivity contribution is 0.1000. The van der Waals surface area contributed by atoms with Crippen molar-refractivity contribution in [1.29, 1.82) is 0 Å². The molecule has 0 saturated carbocycles. The molecule has 0 bridgehead atoms. The number of carbonyl (C=O) groups is 1. The van der Waals surface area contributed by atoms with E-state index in [-0.39, 0.29) is 0 Å². The van der Waals surface area contributed by atoms with Crippen LogP contribution in [0, 0.1) is 0 Å². The van der Waals surface area contributed by atoms with E-state index < -0.39 is 5.91 Å². The minimum absolute atomic E-state index is 0.417. The molecule has 0 aromatic heterocycles. The summed E-state index contributed by atoms with van der Waals surface area (Å²) in [7, 11) is 1.63. The number of hydrogen-bond donors (Lipinski definition) is 2. The van der Waals surface area contributed by atoms with Crippen LogP contribution >= 0.6 is 0 Å². The summed E-state index contributed by atoms with van der Waals surface area (Å²) >= 11 is 0. The van der Waals surface area contributed by atoms with Crippen molar-refractivity contribution < 1.29 is 9.53 Å². The Labute approximate surface area is 112 Å². The largest absolute Gasteiger partial charge is 0.495 e. The molecule has 0 aliphatic heterocycles. The first-order chi connectivity index (χ1) is 9.20. The number of rotatable bonds is 5. The zero-order chi connectivity index (χ0) is 13.7. The number of amides is 1. The maximum absolute atomic E-state index is 11.1. The standard InChI is InChI=1S/C15H16N2O2/c1-19-14-8-3-2-7-13(14)17-10-11-5-4-6-12(9-11)15(16)18/h2-9,17H,10H2,1H3,(H2,16,18). The van der Waals surface area contributed by atoms with Crippen LogP contribution in [0.15, 0.2) is 48.5 Å². The van der Waals surface area contributed by atoms with E-state index in [2.05, 4.69) is 5.32 Å². The molecule has 2 rings (SSSR count). The van der Waals surface area contributed by atoms with Gasteiger partial charge in [0.05, 0.1) is 12.8 Å². The molecule has 3 N–H and O–H groups in total. The highest BCUT2D eigenvalue weighted by atomic mass is 16.5. The molecule has 0 radical (unpaired) electrons. The SMILES string of the molecule is COc1ccccc1NCc1cccc(C(N)=O)c1. The summed E-state index contributed by atoms with van der Waals surface area (Å²) in [5.41, 5.74) is 7.67. The van der Waals surface area contributed by atoms with E-state index in [1.54, 1.807) is 19.2 Å². The van der Waals surface area contributed by atoms with Crippen LogP contribution in [-0.4, -0.2) is 13.0 Å². The third-order valence-corrected chi connectivity index (χ3v) is 2.80. The summed E-state index contributed by atoms with van der Waals surface area (Å²) in [5, 5.41) is 3.27. The van der Waals surface area contributed by atoms with Gasteiger partial charge in [-0.2, -0.15) is 0 Å². The van der Waals surface area contributed by atoms with E-state index in [1.165, 1.54) is 0 Å². The Morgan fingerprint density at radius 2 is 2.00 bits per heavy atom. The second-order valence-electron chi connectivity index (χ2n) is 4.12. The van der Waals surface area contributed by atoms with E-state index >= 15 is 0 Å². The van der Waals surface area contributed by atoms with Gasteiger partial charge in [0.15, 0.2) is 0 Å². The number of methoxy groups -OCH3 is 1. The fraction of sp³-hybridized carbons (Fsp3) is 0.133. The maximum atomic E-state index is 11.1. The quantitative estimate of drug-likeness (QED) is 0.863. The Bertz CT molecular complexity index is 582. The molecular formula is C15H16N2O2. The Morgan fingerprint density at radius 3 is 2.74 bits per heavy atom. The zero-order valence-electron chi connectivity index (χ0n) is 10.7. The molecule has 19 heavy (non-hydrogen) atoms. The summed E-state index contributed by atoms with van der Waals surface area (Å²) in [6, 6.07) is 14.9. The third kappa shape index (κ3) is 3.25. The summed E-state index contributed by atoms with van der Waals surface area (Å²) in [4.78, 5) is 11.1. The molecular weight excluding hydrogens is 240 g/mol. The number of carbonyl (C=O) groups excluding carboxylic acids is 1. The van der Waals surface area contributed by atoms with Gasteiger partial charge in [-0.25, -0.2) is 0 Å². The second kappa shape index (κ2) is 5.91. The van der Waals surface area contributed by atoms with Gasteiger partial charge in [0.25, 0.3) is 0 Å². The van der Waals surface area contributed by atoms with Crippen molar-refractivity contribution in [1.82, 2.24) is 0 Å². The first kappa shape index (κ1) is 13.0. The lowest BCUT2D eigenvalue weighted by atomic mass is 10.1. The molecule has 0 saturated heterocycles. The van der Waals surface area contributed by atoms with Gasteiger partial charge in [-0.05, 0) is 29.8 Å². The van der Waals surface area contributed by atoms with Crippen LogP contribution in [0.1, 0.15) is 15.9 Å². The highest BCUT2D eigenvalue weighted by Gasteiger charge is 2.03. The monoisotopic (exact) mass is 256 g/mol. The fourth-order valence-electron chi connectivity index (χ4n) is 1.82. The lowest BCUT2D eigenvalue weighted by Gasteiger charge is -2.11. The predicted molar refractivity (Wildman–Crippen MR) is 75.3 cm³/mol. The van der Waals surface area contributed by atoms with Crippen molar-refractivity contribution in [2.75, 3.05) is 12.4 Å². The molecule has 0 spiro atoms. The topological polar surface area (TPSA) is 64.3 Å². The van der Waals surface area contributed by atoms with Gasteiger partial charge in [-0.3, -0.25) is 4.79 Å². The van der Waals surface area contributed by atoms with Gasteiger partial charge in [-0.1, -0.05) is 24.3 Å². The lowest BCUT2D eigenvalue weighted by Crippen LogP contribution is -2.11. The fourth-order valence-corrected chi connectivity index (χ4v) is 1.82. The molecule has 0 unspecified atom stereocenters. The minimum atomic E-state index is -0.417. The Hall–Kier alpha value is -2.49. The Morgan fingerprint density at radius 1 is 1.21 bits per heavy atom. The molecule has 1 amide bonds. The molecule has 0 heterocycles. The number of para-hydroxylation sites is 2. The zero-order valence-corrected chi connectivity index (χ0v) is 10.7. The highest BCUT2D eigenvalue weighted by Crippen LogP contribution is 2.23. The molecule has 98 valence electrons. The van der Waals surface area contributed by atoms with E-state index in [1.807, 2.05) is 36.4 Å². The minimum Gasteiger partial charge on any atom is -0.495 e. The molecule has 0 aliphatic rings. The Kier molecular flexibility index (Phi) is 4.03. The van der Waals surface area contributed by atoms with Gasteiger partial charge in [0.2, 0.25) is 5.91 Å². The highest BCUT2D eigenvalue weighted by molar-refractivity contribution is 5.92. The van der Waals surface area contributed by atoms with Crippen LogP contribution in [0.2, 0.25) is 0 Å². The van der Waals surface area contributed by atoms with Gasteiger partial charge in [0, 0.05) is 12.1 Å². The number of nitrogens with two attached hydrogens (primary N) is 1. The molecule has 0 atom stereocenters. The van der Waals surface area contributed by atoms with E-state index in [4.69, 9.17) is 10.5 Å². The molecule has 4 nitrogen and oxygen atoms in total. The van der Waals surface area contributed by atoms with Crippen molar-refractivity contribution in [3.8, 4) is 5.75 Å². The van der Waals surface area contributed by atoms with Gasteiger partial charge < -0.3 is 15.8 Å². The average molecular weight is 256 g/mol. The number of benzene rings is 2. The average Bonchev–Trinajstić information content (AvgIpc) is 2.45. The molecule has 4 heteroatoms. The third-order valence-electron chi connectivity index (χ3n) is 2.80. The Balaban J connectivity index is 2.10. The number of anilines is 1. The number of primary amides is 1. The van der Waals surface area contributed by atoms with Gasteiger partial charge in [-0.15, -0.1) is 0 Å². The molecule has 0 aliphatic carbocycles. The summed E-state index contributed by atoms with van der Waals surface area (Å²) in [6.45, 7) is 0.599. The summed E-state index contributed by atoms with van der Waals surface area (Å²) < 4.78 is 5.26. The smallest absolute Gasteiger partial charge is 0.248 e. The van der Waals surface area contributed by atoms with Crippen molar-refractivity contribution in [2.24, 2.45) is 5.73 Å². The van der Waals surface area contributed by atoms with Crippen molar-refractivity contribution in [3.05, 3.63) is 59.7 Å². The van der Waals surface area contributed by atoms with Gasteiger partial charge >= 0.3 is 0 Å². The van der Waals surface area contributed by atoms with Crippen LogP contribution in [0.3, 0.4) is 0 Å². The number of ether oxygens (including phenoxy) is 1. The first-order valence-electron chi connectivity index (χ1n) is 5.96. The predicted octanol–water partition coefficient (Wildman–Crippen LogP) is 2.41. The van der Waals surface area contributed by atoms with Crippen LogP contribution < -0.4 is 15.8 Å².